The number of rotatable bonds is 6. The van der Waals surface area contributed by atoms with Gasteiger partial charge in [-0.15, -0.1) is 0 Å². The van der Waals surface area contributed by atoms with E-state index in [0.29, 0.717) is 36.0 Å². The van der Waals surface area contributed by atoms with Crippen molar-refractivity contribution in [2.45, 2.75) is 38.8 Å². The largest absolute Gasteiger partial charge is 0.506 e. The zero-order valence-corrected chi connectivity index (χ0v) is 18.7. The third-order valence-electron chi connectivity index (χ3n) is 5.14. The first-order valence-electron chi connectivity index (χ1n) is 10.0. The lowest BCUT2D eigenvalue weighted by atomic mass is 9.86. The van der Waals surface area contributed by atoms with Crippen LogP contribution in [-0.4, -0.2) is 45.9 Å². The number of hydrogen-bond donors (Lipinski definition) is 3. The molecule has 0 saturated carbocycles. The third-order valence-corrected chi connectivity index (χ3v) is 5.45. The van der Waals surface area contributed by atoms with E-state index in [9.17, 15) is 14.7 Å². The van der Waals surface area contributed by atoms with E-state index < -0.39 is 0 Å². The van der Waals surface area contributed by atoms with E-state index in [0.717, 1.165) is 11.1 Å². The molecule has 0 atom stereocenters. The molecule has 2 aromatic rings. The molecule has 164 valence electrons. The van der Waals surface area contributed by atoms with Gasteiger partial charge < -0.3 is 20.6 Å². The number of nitrogens with one attached hydrogen (secondary N) is 2. The van der Waals surface area contributed by atoms with Crippen LogP contribution in [0.1, 0.15) is 42.4 Å². The number of pyridine rings is 1. The summed E-state index contributed by atoms with van der Waals surface area (Å²) in [5, 5.41) is 16.9. The number of anilines is 1. The normalized spacial score (nSPS) is 14.0. The van der Waals surface area contributed by atoms with Crippen LogP contribution in [0.2, 0.25) is 5.02 Å². The van der Waals surface area contributed by atoms with Crippen LogP contribution in [0.3, 0.4) is 0 Å². The lowest BCUT2D eigenvalue weighted by Gasteiger charge is -2.38. The summed E-state index contributed by atoms with van der Waals surface area (Å²) in [7, 11) is 0. The maximum Gasteiger partial charge on any atom is 0.270 e. The number of likely N-dealkylation sites (tertiary alicyclic amines) is 1. The summed E-state index contributed by atoms with van der Waals surface area (Å²) < 4.78 is 0. The van der Waals surface area contributed by atoms with Gasteiger partial charge in [-0.25, -0.2) is 0 Å². The molecule has 2 heterocycles. The van der Waals surface area contributed by atoms with Crippen LogP contribution in [0, 0.1) is 0 Å². The molecule has 1 aromatic heterocycles. The molecule has 3 rings (SSSR count). The Bertz CT molecular complexity index is 1010. The zero-order valence-electron chi connectivity index (χ0n) is 17.9. The summed E-state index contributed by atoms with van der Waals surface area (Å²) in [6.07, 6.45) is 2.83. The van der Waals surface area contributed by atoms with Gasteiger partial charge >= 0.3 is 0 Å². The monoisotopic (exact) mass is 442 g/mol. The summed E-state index contributed by atoms with van der Waals surface area (Å²) in [4.78, 5) is 29.7. The molecule has 8 heteroatoms. The Hall–Kier alpha value is -3.06. The van der Waals surface area contributed by atoms with Gasteiger partial charge in [-0.3, -0.25) is 14.6 Å². The van der Waals surface area contributed by atoms with Gasteiger partial charge in [-0.05, 0) is 40.8 Å². The number of benzene rings is 1. The quantitative estimate of drug-likeness (QED) is 0.470. The fourth-order valence-corrected chi connectivity index (χ4v) is 3.76. The number of halogens is 1. The predicted molar refractivity (Wildman–Crippen MR) is 121 cm³/mol. The van der Waals surface area contributed by atoms with Gasteiger partial charge in [0.2, 0.25) is 5.91 Å². The van der Waals surface area contributed by atoms with Crippen LogP contribution >= 0.6 is 11.6 Å². The summed E-state index contributed by atoms with van der Waals surface area (Å²) in [6.45, 7) is 10.9. The average Bonchev–Trinajstić information content (AvgIpc) is 2.68. The molecular formula is C23H27ClN4O3. The van der Waals surface area contributed by atoms with Crippen molar-refractivity contribution in [3.8, 4) is 5.75 Å². The van der Waals surface area contributed by atoms with Crippen molar-refractivity contribution in [3.63, 3.8) is 0 Å². The molecule has 1 aliphatic rings. The summed E-state index contributed by atoms with van der Waals surface area (Å²) in [6, 6.07) is 6.79. The fourth-order valence-electron chi connectivity index (χ4n) is 3.32. The molecule has 1 aliphatic heterocycles. The third kappa shape index (κ3) is 5.35. The van der Waals surface area contributed by atoms with Gasteiger partial charge in [0.25, 0.3) is 5.91 Å². The van der Waals surface area contributed by atoms with E-state index in [1.807, 2.05) is 6.07 Å². The smallest absolute Gasteiger partial charge is 0.270 e. The van der Waals surface area contributed by atoms with E-state index in [4.69, 9.17) is 11.6 Å². The Labute approximate surface area is 187 Å². The SMILES string of the molecule is C=CC(=O)N1CC(NC(=O)c2cc(CNc3cc(C(C)(C)C)c(Cl)cc3O)ccn2)C1. The summed E-state index contributed by atoms with van der Waals surface area (Å²) in [5.74, 6) is -0.368. The highest BCUT2D eigenvalue weighted by atomic mass is 35.5. The molecule has 0 spiro atoms. The maximum absolute atomic E-state index is 12.5. The molecule has 1 saturated heterocycles. The number of carbonyl (C=O) groups excluding carboxylic acids is 2. The first kappa shape index (κ1) is 22.6. The molecule has 7 nitrogen and oxygen atoms in total. The lowest BCUT2D eigenvalue weighted by Crippen LogP contribution is -2.60. The van der Waals surface area contributed by atoms with Crippen LogP contribution < -0.4 is 10.6 Å². The number of amides is 2. The van der Waals surface area contributed by atoms with Crippen LogP contribution in [0.4, 0.5) is 5.69 Å². The van der Waals surface area contributed by atoms with E-state index in [-0.39, 0.29) is 29.0 Å². The minimum absolute atomic E-state index is 0.0635. The number of hydrogen-bond acceptors (Lipinski definition) is 5. The van der Waals surface area contributed by atoms with Crippen molar-refractivity contribution in [2.75, 3.05) is 18.4 Å². The first-order valence-corrected chi connectivity index (χ1v) is 10.4. The average molecular weight is 443 g/mol. The van der Waals surface area contributed by atoms with Gasteiger partial charge in [0.05, 0.1) is 11.7 Å². The van der Waals surface area contributed by atoms with Crippen molar-refractivity contribution in [1.82, 2.24) is 15.2 Å². The Kier molecular flexibility index (Phi) is 6.55. The van der Waals surface area contributed by atoms with Gasteiger partial charge in [-0.2, -0.15) is 0 Å². The van der Waals surface area contributed by atoms with Gasteiger partial charge in [-0.1, -0.05) is 39.0 Å². The number of phenols is 1. The van der Waals surface area contributed by atoms with Crippen molar-refractivity contribution in [2.24, 2.45) is 0 Å². The highest BCUT2D eigenvalue weighted by Crippen LogP contribution is 2.37. The van der Waals surface area contributed by atoms with Crippen LogP contribution in [0.5, 0.6) is 5.75 Å². The number of nitrogens with zero attached hydrogens (tertiary/aromatic N) is 2. The van der Waals surface area contributed by atoms with Gasteiger partial charge in [0, 0.05) is 36.9 Å². The number of aromatic hydroxyl groups is 1. The predicted octanol–water partition coefficient (Wildman–Crippen LogP) is 3.48. The van der Waals surface area contributed by atoms with E-state index in [2.05, 4.69) is 43.0 Å². The van der Waals surface area contributed by atoms with Crippen molar-refractivity contribution in [3.05, 3.63) is 65.0 Å². The van der Waals surface area contributed by atoms with E-state index in [1.165, 1.54) is 12.1 Å². The molecule has 3 N–H and O–H groups in total. The minimum Gasteiger partial charge on any atom is -0.506 e. The molecular weight excluding hydrogens is 416 g/mol. The summed E-state index contributed by atoms with van der Waals surface area (Å²) in [5.41, 5.74) is 2.45. The molecule has 0 aliphatic carbocycles. The van der Waals surface area contributed by atoms with Gasteiger partial charge in [0.1, 0.15) is 11.4 Å². The second kappa shape index (κ2) is 8.98. The molecule has 31 heavy (non-hydrogen) atoms. The Morgan fingerprint density at radius 3 is 2.68 bits per heavy atom. The first-order chi connectivity index (χ1) is 14.6. The zero-order chi connectivity index (χ0) is 22.8. The molecule has 0 unspecified atom stereocenters. The highest BCUT2D eigenvalue weighted by Gasteiger charge is 2.30. The van der Waals surface area contributed by atoms with Crippen molar-refractivity contribution in [1.29, 1.82) is 0 Å². The Morgan fingerprint density at radius 1 is 1.32 bits per heavy atom. The number of carbonyl (C=O) groups is 2. The lowest BCUT2D eigenvalue weighted by molar-refractivity contribution is -0.130. The van der Waals surface area contributed by atoms with Crippen molar-refractivity contribution >= 4 is 29.1 Å². The van der Waals surface area contributed by atoms with Crippen molar-refractivity contribution < 1.29 is 14.7 Å². The standard InChI is InChI=1S/C23H27ClN4O3/c1-5-21(30)28-12-15(13-28)27-22(31)19-8-14(6-7-25-19)11-26-18-9-16(23(2,3)4)17(24)10-20(18)29/h5-10,15,26,29H,1,11-13H2,2-4H3,(H,27,31). The minimum atomic E-state index is -0.290. The number of phenolic OH excluding ortho intramolecular Hbond substituents is 1. The van der Waals surface area contributed by atoms with Gasteiger partial charge in [0.15, 0.2) is 0 Å². The van der Waals surface area contributed by atoms with Crippen LogP contribution in [-0.2, 0) is 16.8 Å². The topological polar surface area (TPSA) is 94.6 Å². The Morgan fingerprint density at radius 2 is 2.03 bits per heavy atom. The molecule has 2 amide bonds. The second-order valence-corrected chi connectivity index (χ2v) is 9.03. The highest BCUT2D eigenvalue weighted by molar-refractivity contribution is 6.31. The Balaban J connectivity index is 1.63. The molecule has 0 radical (unpaired) electrons. The maximum atomic E-state index is 12.5. The molecule has 0 bridgehead atoms. The second-order valence-electron chi connectivity index (χ2n) is 8.62. The van der Waals surface area contributed by atoms with E-state index >= 15 is 0 Å². The molecule has 1 aromatic carbocycles. The van der Waals surface area contributed by atoms with Crippen LogP contribution in [0.25, 0.3) is 0 Å². The number of aromatic nitrogens is 1. The summed E-state index contributed by atoms with van der Waals surface area (Å²) >= 11 is 6.28. The van der Waals surface area contributed by atoms with E-state index in [1.54, 1.807) is 23.2 Å². The van der Waals surface area contributed by atoms with Crippen LogP contribution in [0.15, 0.2) is 43.1 Å². The molecule has 1 fully saturated rings. The fraction of sp³-hybridized carbons (Fsp3) is 0.348.